The van der Waals surface area contributed by atoms with Crippen molar-refractivity contribution in [2.24, 2.45) is 0 Å². The van der Waals surface area contributed by atoms with Crippen molar-refractivity contribution >= 4 is 27.3 Å². The SMILES string of the molecule is CCCn1ncc(Br)c1C(NCC)c1cccs1. The van der Waals surface area contributed by atoms with Crippen LogP contribution in [0.25, 0.3) is 0 Å². The van der Waals surface area contributed by atoms with Gasteiger partial charge in [0.15, 0.2) is 0 Å². The zero-order chi connectivity index (χ0) is 13.0. The molecule has 0 radical (unpaired) electrons. The zero-order valence-electron chi connectivity index (χ0n) is 10.7. The molecule has 0 fully saturated rings. The summed E-state index contributed by atoms with van der Waals surface area (Å²) in [4.78, 5) is 1.33. The molecule has 0 bridgehead atoms. The van der Waals surface area contributed by atoms with Gasteiger partial charge in [-0.25, -0.2) is 0 Å². The van der Waals surface area contributed by atoms with E-state index in [4.69, 9.17) is 0 Å². The number of thiophene rings is 1. The summed E-state index contributed by atoms with van der Waals surface area (Å²) < 4.78 is 3.17. The summed E-state index contributed by atoms with van der Waals surface area (Å²) in [6.45, 7) is 6.20. The molecule has 98 valence electrons. The molecule has 2 heterocycles. The highest BCUT2D eigenvalue weighted by atomic mass is 79.9. The minimum Gasteiger partial charge on any atom is -0.305 e. The molecule has 5 heteroatoms. The summed E-state index contributed by atoms with van der Waals surface area (Å²) in [7, 11) is 0. The Morgan fingerprint density at radius 2 is 2.33 bits per heavy atom. The quantitative estimate of drug-likeness (QED) is 0.874. The summed E-state index contributed by atoms with van der Waals surface area (Å²) >= 11 is 5.40. The molecule has 1 atom stereocenters. The van der Waals surface area contributed by atoms with E-state index in [1.165, 1.54) is 10.6 Å². The van der Waals surface area contributed by atoms with Crippen LogP contribution >= 0.6 is 27.3 Å². The van der Waals surface area contributed by atoms with Crippen LogP contribution in [0.15, 0.2) is 28.2 Å². The molecule has 2 aromatic heterocycles. The van der Waals surface area contributed by atoms with Gasteiger partial charge < -0.3 is 5.32 Å². The van der Waals surface area contributed by atoms with E-state index in [9.17, 15) is 0 Å². The molecule has 0 aliphatic heterocycles. The third-order valence-electron chi connectivity index (χ3n) is 2.78. The Morgan fingerprint density at radius 1 is 1.50 bits per heavy atom. The summed E-state index contributed by atoms with van der Waals surface area (Å²) in [5, 5.41) is 10.1. The van der Waals surface area contributed by atoms with Crippen LogP contribution in [0.4, 0.5) is 0 Å². The fourth-order valence-corrected chi connectivity index (χ4v) is 3.37. The summed E-state index contributed by atoms with van der Waals surface area (Å²) in [6, 6.07) is 4.49. The molecular weight excluding hydrogens is 310 g/mol. The van der Waals surface area contributed by atoms with Crippen LogP contribution in [-0.2, 0) is 6.54 Å². The minimum atomic E-state index is 0.221. The Balaban J connectivity index is 2.39. The van der Waals surface area contributed by atoms with Crippen LogP contribution in [0.3, 0.4) is 0 Å². The molecule has 3 nitrogen and oxygen atoms in total. The maximum Gasteiger partial charge on any atom is 0.0853 e. The molecule has 0 aromatic carbocycles. The normalized spacial score (nSPS) is 12.8. The maximum absolute atomic E-state index is 4.45. The van der Waals surface area contributed by atoms with Crippen molar-refractivity contribution in [3.8, 4) is 0 Å². The van der Waals surface area contributed by atoms with Gasteiger partial charge in [0.1, 0.15) is 0 Å². The highest BCUT2D eigenvalue weighted by Crippen LogP contribution is 2.31. The first-order chi connectivity index (χ1) is 8.77. The first kappa shape index (κ1) is 13.8. The number of hydrogen-bond acceptors (Lipinski definition) is 3. The number of rotatable bonds is 6. The molecular formula is C13H18BrN3S. The zero-order valence-corrected chi connectivity index (χ0v) is 13.1. The molecule has 18 heavy (non-hydrogen) atoms. The van der Waals surface area contributed by atoms with Gasteiger partial charge in [-0.05, 0) is 40.3 Å². The number of nitrogens with zero attached hydrogens (tertiary/aromatic N) is 2. The highest BCUT2D eigenvalue weighted by Gasteiger charge is 2.21. The Kier molecular flexibility index (Phi) is 4.97. The Bertz CT molecular complexity index is 478. The second-order valence-electron chi connectivity index (χ2n) is 4.11. The Morgan fingerprint density at radius 3 is 2.94 bits per heavy atom. The van der Waals surface area contributed by atoms with Crippen LogP contribution in [0.2, 0.25) is 0 Å². The Labute approximate surface area is 120 Å². The van der Waals surface area contributed by atoms with Crippen molar-refractivity contribution in [1.82, 2.24) is 15.1 Å². The fraction of sp³-hybridized carbons (Fsp3) is 0.462. The fourth-order valence-electron chi connectivity index (χ4n) is 2.04. The van der Waals surface area contributed by atoms with Gasteiger partial charge >= 0.3 is 0 Å². The monoisotopic (exact) mass is 327 g/mol. The number of aromatic nitrogens is 2. The van der Waals surface area contributed by atoms with Crippen LogP contribution in [0.5, 0.6) is 0 Å². The third kappa shape index (κ3) is 2.84. The number of halogens is 1. The maximum atomic E-state index is 4.45. The average molecular weight is 328 g/mol. The first-order valence-corrected chi connectivity index (χ1v) is 7.93. The van der Waals surface area contributed by atoms with Gasteiger partial charge in [0.05, 0.1) is 22.4 Å². The molecule has 0 spiro atoms. The van der Waals surface area contributed by atoms with Gasteiger partial charge in [0.2, 0.25) is 0 Å². The first-order valence-electron chi connectivity index (χ1n) is 6.25. The van der Waals surface area contributed by atoms with Gasteiger partial charge in [0.25, 0.3) is 0 Å². The van der Waals surface area contributed by atoms with Crippen molar-refractivity contribution in [1.29, 1.82) is 0 Å². The lowest BCUT2D eigenvalue weighted by molar-refractivity contribution is 0.522. The van der Waals surface area contributed by atoms with Crippen molar-refractivity contribution in [3.05, 3.63) is 38.8 Å². The minimum absolute atomic E-state index is 0.221. The van der Waals surface area contributed by atoms with Crippen molar-refractivity contribution in [2.75, 3.05) is 6.54 Å². The lowest BCUT2D eigenvalue weighted by Gasteiger charge is -2.19. The van der Waals surface area contributed by atoms with E-state index >= 15 is 0 Å². The average Bonchev–Trinajstić information content (AvgIpc) is 2.98. The number of nitrogens with one attached hydrogen (secondary N) is 1. The molecule has 2 rings (SSSR count). The van der Waals surface area contributed by atoms with Crippen LogP contribution in [0, 0.1) is 0 Å². The largest absolute Gasteiger partial charge is 0.305 e. The standard InChI is InChI=1S/C13H18BrN3S/c1-3-7-17-13(10(14)9-16-17)12(15-4-2)11-6-5-8-18-11/h5-6,8-9,12,15H,3-4,7H2,1-2H3. The van der Waals surface area contributed by atoms with Gasteiger partial charge in [-0.1, -0.05) is 19.9 Å². The summed E-state index contributed by atoms with van der Waals surface area (Å²) in [5.41, 5.74) is 1.22. The third-order valence-corrected chi connectivity index (χ3v) is 4.33. The van der Waals surface area contributed by atoms with E-state index < -0.39 is 0 Å². The molecule has 0 amide bonds. The molecule has 1 N–H and O–H groups in total. The summed E-state index contributed by atoms with van der Waals surface area (Å²) in [5.74, 6) is 0. The van der Waals surface area contributed by atoms with Crippen molar-refractivity contribution < 1.29 is 0 Å². The predicted molar refractivity (Wildman–Crippen MR) is 80.1 cm³/mol. The van der Waals surface area contributed by atoms with Crippen molar-refractivity contribution in [3.63, 3.8) is 0 Å². The molecule has 2 aromatic rings. The lowest BCUT2D eigenvalue weighted by Crippen LogP contribution is -2.24. The van der Waals surface area contributed by atoms with Gasteiger partial charge in [-0.15, -0.1) is 11.3 Å². The molecule has 0 saturated carbocycles. The van der Waals surface area contributed by atoms with E-state index in [-0.39, 0.29) is 6.04 Å². The van der Waals surface area contributed by atoms with E-state index in [0.717, 1.165) is 24.0 Å². The van der Waals surface area contributed by atoms with E-state index in [1.807, 2.05) is 6.20 Å². The summed E-state index contributed by atoms with van der Waals surface area (Å²) in [6.07, 6.45) is 2.98. The molecule has 0 aliphatic rings. The van der Waals surface area contributed by atoms with E-state index in [2.05, 4.69) is 62.4 Å². The highest BCUT2D eigenvalue weighted by molar-refractivity contribution is 9.10. The van der Waals surface area contributed by atoms with E-state index in [1.54, 1.807) is 11.3 Å². The Hall–Kier alpha value is -0.650. The molecule has 1 unspecified atom stereocenters. The number of hydrogen-bond donors (Lipinski definition) is 1. The van der Waals surface area contributed by atoms with Gasteiger partial charge in [0, 0.05) is 11.4 Å². The van der Waals surface area contributed by atoms with Gasteiger partial charge in [-0.2, -0.15) is 5.10 Å². The number of aryl methyl sites for hydroxylation is 1. The van der Waals surface area contributed by atoms with Crippen LogP contribution < -0.4 is 5.32 Å². The smallest absolute Gasteiger partial charge is 0.0853 e. The van der Waals surface area contributed by atoms with Crippen molar-refractivity contribution in [2.45, 2.75) is 32.9 Å². The second kappa shape index (κ2) is 6.50. The molecule has 0 saturated heterocycles. The van der Waals surface area contributed by atoms with Crippen LogP contribution in [-0.4, -0.2) is 16.3 Å². The predicted octanol–water partition coefficient (Wildman–Crippen LogP) is 3.82. The topological polar surface area (TPSA) is 29.9 Å². The van der Waals surface area contributed by atoms with Gasteiger partial charge in [-0.3, -0.25) is 4.68 Å². The molecule has 0 aliphatic carbocycles. The van der Waals surface area contributed by atoms with Crippen LogP contribution in [0.1, 0.15) is 36.9 Å². The second-order valence-corrected chi connectivity index (χ2v) is 5.94. The lowest BCUT2D eigenvalue weighted by atomic mass is 10.1. The van der Waals surface area contributed by atoms with E-state index in [0.29, 0.717) is 0 Å².